The Kier molecular flexibility index (Phi) is 8.76. The number of hydrogen-bond acceptors (Lipinski definition) is 5. The number of benzene rings is 1. The number of aliphatic hydroxyl groups is 1. The molecule has 0 spiro atoms. The molecule has 35 heavy (non-hydrogen) atoms. The van der Waals surface area contributed by atoms with Gasteiger partial charge in [0.05, 0.1) is 21.0 Å². The van der Waals surface area contributed by atoms with Crippen molar-refractivity contribution in [3.05, 3.63) is 23.8 Å². The number of amides is 1. The number of piperidine rings is 1. The van der Waals surface area contributed by atoms with Crippen molar-refractivity contribution in [3.8, 4) is 0 Å². The fraction of sp³-hybridized carbons (Fsp3) is 0.714. The Morgan fingerprint density at radius 3 is 2.20 bits per heavy atom. The van der Waals surface area contributed by atoms with E-state index in [1.165, 1.54) is 4.63 Å². The van der Waals surface area contributed by atoms with E-state index in [4.69, 9.17) is 9.72 Å². The maximum Gasteiger partial charge on any atom is 0.410 e. The third-order valence-corrected chi connectivity index (χ3v) is 16.7. The first-order valence-corrected chi connectivity index (χ1v) is 16.4. The second kappa shape index (κ2) is 10.9. The Balaban J connectivity index is 1.78. The van der Waals surface area contributed by atoms with Crippen LogP contribution in [0, 0.1) is 5.92 Å². The number of likely N-dealkylation sites (tertiary alicyclic amines) is 1. The van der Waals surface area contributed by atoms with Crippen molar-refractivity contribution in [1.29, 1.82) is 0 Å². The highest BCUT2D eigenvalue weighted by Gasteiger charge is 2.47. The van der Waals surface area contributed by atoms with Gasteiger partial charge in [0.15, 0.2) is 0 Å². The summed E-state index contributed by atoms with van der Waals surface area (Å²) in [5.74, 6) is 0.391. The molecule has 0 aliphatic carbocycles. The molecule has 5 nitrogen and oxygen atoms in total. The lowest BCUT2D eigenvalue weighted by Gasteiger charge is -2.41. The van der Waals surface area contributed by atoms with Gasteiger partial charge in [-0.2, -0.15) is 0 Å². The SMILES string of the molecule is CC(C)[Si](c1nc2cccc(C(O)CC3CCN(C(=O)OC(C)(C)C)CC3)c2s1)(C(C)C)C(C)C. The summed E-state index contributed by atoms with van der Waals surface area (Å²) in [6.07, 6.45) is 1.76. The summed E-state index contributed by atoms with van der Waals surface area (Å²) in [5.41, 5.74) is 3.38. The molecule has 1 aliphatic heterocycles. The van der Waals surface area contributed by atoms with E-state index >= 15 is 0 Å². The lowest BCUT2D eigenvalue weighted by molar-refractivity contribution is 0.0161. The van der Waals surface area contributed by atoms with Crippen molar-refractivity contribution in [2.24, 2.45) is 5.92 Å². The Hall–Kier alpha value is -1.44. The van der Waals surface area contributed by atoms with Gasteiger partial charge >= 0.3 is 6.09 Å². The van der Waals surface area contributed by atoms with Crippen LogP contribution in [-0.2, 0) is 4.74 Å². The predicted octanol–water partition coefficient (Wildman–Crippen LogP) is 7.25. The largest absolute Gasteiger partial charge is 0.444 e. The molecule has 1 aromatic carbocycles. The van der Waals surface area contributed by atoms with Crippen molar-refractivity contribution in [2.45, 2.75) is 110 Å². The van der Waals surface area contributed by atoms with Crippen LogP contribution in [0.1, 0.15) is 93.2 Å². The maximum atomic E-state index is 12.4. The third kappa shape index (κ3) is 5.94. The maximum absolute atomic E-state index is 12.4. The number of ether oxygens (including phenoxy) is 1. The molecule has 7 heteroatoms. The highest BCUT2D eigenvalue weighted by atomic mass is 32.1. The Morgan fingerprint density at radius 1 is 1.11 bits per heavy atom. The first-order chi connectivity index (χ1) is 16.3. The molecule has 0 saturated carbocycles. The van der Waals surface area contributed by atoms with Gasteiger partial charge in [-0.3, -0.25) is 0 Å². The number of hydrogen-bond donors (Lipinski definition) is 1. The number of aromatic nitrogens is 1. The smallest absolute Gasteiger partial charge is 0.410 e. The van der Waals surface area contributed by atoms with E-state index in [-0.39, 0.29) is 6.09 Å². The zero-order valence-corrected chi connectivity index (χ0v) is 25.0. The van der Waals surface area contributed by atoms with Gasteiger partial charge in [-0.1, -0.05) is 53.7 Å². The van der Waals surface area contributed by atoms with Crippen LogP contribution >= 0.6 is 11.3 Å². The van der Waals surface area contributed by atoms with Crippen LogP contribution in [0.4, 0.5) is 4.79 Å². The fourth-order valence-corrected chi connectivity index (χ4v) is 16.1. The number of aliphatic hydroxyl groups excluding tert-OH is 1. The molecule has 1 saturated heterocycles. The number of nitrogens with zero attached hydrogens (tertiary/aromatic N) is 2. The van der Waals surface area contributed by atoms with Crippen LogP contribution in [0.2, 0.25) is 16.6 Å². The van der Waals surface area contributed by atoms with Crippen LogP contribution in [0.15, 0.2) is 18.2 Å². The summed E-state index contributed by atoms with van der Waals surface area (Å²) < 4.78 is 8.01. The molecule has 1 aliphatic rings. The fourth-order valence-electron chi connectivity index (χ4n) is 6.28. The summed E-state index contributed by atoms with van der Waals surface area (Å²) in [7, 11) is -1.85. The number of thiazole rings is 1. The van der Waals surface area contributed by atoms with Gasteiger partial charge in [-0.05, 0) is 74.2 Å². The lowest BCUT2D eigenvalue weighted by atomic mass is 9.89. The highest BCUT2D eigenvalue weighted by Crippen LogP contribution is 2.43. The number of carbonyl (C=O) groups is 1. The topological polar surface area (TPSA) is 62.7 Å². The standard InChI is InChI=1S/C28H46N2O3SSi/c1-18(2)35(19(3)4,20(5)6)26-29-23-12-10-11-22(25(23)34-26)24(31)17-21-13-15-30(16-14-21)27(32)33-28(7,8)9/h10-12,18-21,24,31H,13-17H2,1-9H3. The van der Waals surface area contributed by atoms with E-state index in [0.29, 0.717) is 35.6 Å². The quantitative estimate of drug-likeness (QED) is 0.392. The molecule has 0 bridgehead atoms. The van der Waals surface area contributed by atoms with Crippen molar-refractivity contribution in [2.75, 3.05) is 13.1 Å². The normalized spacial score (nSPS) is 17.1. The molecule has 1 atom stereocenters. The second-order valence-electron chi connectivity index (χ2n) is 12.3. The first-order valence-electron chi connectivity index (χ1n) is 13.3. The summed E-state index contributed by atoms with van der Waals surface area (Å²) in [4.78, 5) is 19.4. The predicted molar refractivity (Wildman–Crippen MR) is 150 cm³/mol. The molecular formula is C28H46N2O3SSi. The van der Waals surface area contributed by atoms with Crippen molar-refractivity contribution in [3.63, 3.8) is 0 Å². The summed E-state index contributed by atoms with van der Waals surface area (Å²) in [6.45, 7) is 21.3. The molecule has 196 valence electrons. The van der Waals surface area contributed by atoms with E-state index in [1.54, 1.807) is 4.90 Å². The summed E-state index contributed by atoms with van der Waals surface area (Å²) in [5, 5.41) is 11.3. The first kappa shape index (κ1) is 28.1. The minimum Gasteiger partial charge on any atom is -0.444 e. The van der Waals surface area contributed by atoms with E-state index in [0.717, 1.165) is 35.0 Å². The monoisotopic (exact) mass is 518 g/mol. The van der Waals surface area contributed by atoms with E-state index < -0.39 is 19.8 Å². The number of fused-ring (bicyclic) bond motifs is 1. The van der Waals surface area contributed by atoms with E-state index in [1.807, 2.05) is 38.2 Å². The molecule has 1 amide bonds. The van der Waals surface area contributed by atoms with Crippen molar-refractivity contribution < 1.29 is 14.6 Å². The Morgan fingerprint density at radius 2 is 1.69 bits per heavy atom. The van der Waals surface area contributed by atoms with Gasteiger partial charge in [-0.15, -0.1) is 11.3 Å². The van der Waals surface area contributed by atoms with Crippen LogP contribution in [0.25, 0.3) is 10.2 Å². The molecule has 1 N–H and O–H groups in total. The van der Waals surface area contributed by atoms with Crippen LogP contribution in [-0.4, -0.2) is 47.8 Å². The second-order valence-corrected chi connectivity index (χ2v) is 19.4. The number of carbonyl (C=O) groups excluding carboxylic acids is 1. The van der Waals surface area contributed by atoms with Gasteiger partial charge < -0.3 is 14.7 Å². The van der Waals surface area contributed by atoms with Crippen LogP contribution < -0.4 is 4.63 Å². The molecule has 1 fully saturated rings. The minimum atomic E-state index is -1.85. The zero-order chi connectivity index (χ0) is 26.1. The van der Waals surface area contributed by atoms with Gasteiger partial charge in [-0.25, -0.2) is 9.78 Å². The third-order valence-electron chi connectivity index (χ3n) is 7.86. The Labute approximate surface area is 217 Å². The van der Waals surface area contributed by atoms with E-state index in [9.17, 15) is 9.90 Å². The zero-order valence-electron chi connectivity index (χ0n) is 23.2. The van der Waals surface area contributed by atoms with Crippen molar-refractivity contribution >= 4 is 40.4 Å². The van der Waals surface area contributed by atoms with Gasteiger partial charge in [0.25, 0.3) is 0 Å². The van der Waals surface area contributed by atoms with Crippen LogP contribution in [0.3, 0.4) is 0 Å². The highest BCUT2D eigenvalue weighted by molar-refractivity contribution is 7.31. The molecule has 1 unspecified atom stereocenters. The number of rotatable bonds is 7. The Bertz CT molecular complexity index is 982. The molecule has 2 aromatic rings. The van der Waals surface area contributed by atoms with Crippen LogP contribution in [0.5, 0.6) is 0 Å². The minimum absolute atomic E-state index is 0.230. The van der Waals surface area contributed by atoms with Gasteiger partial charge in [0.1, 0.15) is 13.7 Å². The average molecular weight is 519 g/mol. The summed E-state index contributed by atoms with van der Waals surface area (Å²) >= 11 is 1.84. The average Bonchev–Trinajstić information content (AvgIpc) is 3.16. The lowest BCUT2D eigenvalue weighted by Crippen LogP contribution is -2.55. The molecule has 3 rings (SSSR count). The van der Waals surface area contributed by atoms with Crippen molar-refractivity contribution in [1.82, 2.24) is 9.88 Å². The molecular weight excluding hydrogens is 472 g/mol. The summed E-state index contributed by atoms with van der Waals surface area (Å²) in [6, 6.07) is 6.22. The molecule has 1 aromatic heterocycles. The molecule has 0 radical (unpaired) electrons. The van der Waals surface area contributed by atoms with E-state index in [2.05, 4.69) is 53.7 Å². The van der Waals surface area contributed by atoms with Gasteiger partial charge in [0, 0.05) is 13.1 Å². The molecule has 2 heterocycles. The van der Waals surface area contributed by atoms with Gasteiger partial charge in [0.2, 0.25) is 0 Å².